The molecule has 128 valence electrons. The molecule has 3 rings (SSSR count). The lowest BCUT2D eigenvalue weighted by molar-refractivity contribution is -0.137. The Morgan fingerprint density at radius 1 is 1.39 bits per heavy atom. The van der Waals surface area contributed by atoms with Crippen LogP contribution in [0.3, 0.4) is 0 Å². The largest absolute Gasteiger partial charge is 0.379 e. The molecule has 1 aromatic rings. The van der Waals surface area contributed by atoms with E-state index in [0.29, 0.717) is 13.2 Å². The number of aromatic nitrogens is 2. The maximum Gasteiger partial charge on any atom is 0.248 e. The van der Waals surface area contributed by atoms with Crippen LogP contribution in [0.15, 0.2) is 0 Å². The van der Waals surface area contributed by atoms with Crippen molar-refractivity contribution in [3.05, 3.63) is 5.82 Å². The maximum absolute atomic E-state index is 12.3. The number of ether oxygens (including phenoxy) is 2. The molecular weight excluding hydrogens is 316 g/mol. The van der Waals surface area contributed by atoms with Gasteiger partial charge in [-0.25, -0.2) is 4.98 Å². The number of amides is 1. The zero-order chi connectivity index (χ0) is 16.1. The van der Waals surface area contributed by atoms with Crippen molar-refractivity contribution in [3.63, 3.8) is 0 Å². The Bertz CT molecular complexity index is 519. The first kappa shape index (κ1) is 16.6. The van der Waals surface area contributed by atoms with Crippen molar-refractivity contribution in [1.82, 2.24) is 14.3 Å². The first-order chi connectivity index (χ1) is 11.3. The van der Waals surface area contributed by atoms with Crippen molar-refractivity contribution < 1.29 is 14.3 Å². The summed E-state index contributed by atoms with van der Waals surface area (Å²) < 4.78 is 15.2. The van der Waals surface area contributed by atoms with Gasteiger partial charge in [-0.2, -0.15) is 4.37 Å². The predicted octanol–water partition coefficient (Wildman–Crippen LogP) is 0.945. The Labute approximate surface area is 140 Å². The second-order valence-electron chi connectivity index (χ2n) is 5.86. The minimum atomic E-state index is 0.0743. The molecule has 0 spiro atoms. The van der Waals surface area contributed by atoms with Crippen molar-refractivity contribution in [2.75, 3.05) is 50.9 Å². The highest BCUT2D eigenvalue weighted by Gasteiger charge is 2.23. The van der Waals surface area contributed by atoms with Crippen LogP contribution in [0, 0.1) is 0 Å². The highest BCUT2D eigenvalue weighted by molar-refractivity contribution is 7.09. The Morgan fingerprint density at radius 2 is 2.30 bits per heavy atom. The first-order valence-corrected chi connectivity index (χ1v) is 9.08. The molecule has 0 aromatic carbocycles. The van der Waals surface area contributed by atoms with E-state index in [4.69, 9.17) is 9.47 Å². The van der Waals surface area contributed by atoms with Gasteiger partial charge in [0.25, 0.3) is 0 Å². The molecule has 0 aliphatic carbocycles. The molecule has 8 heteroatoms. The van der Waals surface area contributed by atoms with Crippen molar-refractivity contribution >= 4 is 22.6 Å². The molecule has 1 amide bonds. The second-order valence-corrected chi connectivity index (χ2v) is 6.60. The molecular formula is C15H24N4O3S. The molecule has 1 aromatic heterocycles. The third-order valence-corrected chi connectivity index (χ3v) is 5.04. The van der Waals surface area contributed by atoms with E-state index in [1.165, 1.54) is 11.5 Å². The average Bonchev–Trinajstić information content (AvgIpc) is 3.20. The number of carbonyl (C=O) groups excluding carboxylic acids is 1. The van der Waals surface area contributed by atoms with E-state index in [1.54, 1.807) is 0 Å². The summed E-state index contributed by atoms with van der Waals surface area (Å²) in [4.78, 5) is 21.0. The van der Waals surface area contributed by atoms with Gasteiger partial charge in [0.05, 0.1) is 12.7 Å². The van der Waals surface area contributed by atoms with Gasteiger partial charge in [-0.1, -0.05) is 6.92 Å². The van der Waals surface area contributed by atoms with Crippen LogP contribution in [-0.2, 0) is 20.7 Å². The third kappa shape index (κ3) is 4.39. The van der Waals surface area contributed by atoms with Crippen LogP contribution in [0.2, 0.25) is 0 Å². The van der Waals surface area contributed by atoms with Crippen LogP contribution in [0.25, 0.3) is 0 Å². The maximum atomic E-state index is 12.3. The zero-order valence-electron chi connectivity index (χ0n) is 13.6. The summed E-state index contributed by atoms with van der Waals surface area (Å²) in [5, 5.41) is 0.968. The minimum Gasteiger partial charge on any atom is -0.379 e. The summed E-state index contributed by atoms with van der Waals surface area (Å²) in [5.74, 6) is 0.972. The number of rotatable bonds is 5. The Kier molecular flexibility index (Phi) is 5.80. The smallest absolute Gasteiger partial charge is 0.248 e. The number of hydrogen-bond acceptors (Lipinski definition) is 7. The fourth-order valence-corrected chi connectivity index (χ4v) is 3.60. The van der Waals surface area contributed by atoms with Crippen molar-refractivity contribution in [2.24, 2.45) is 0 Å². The molecule has 1 unspecified atom stereocenters. The number of anilines is 1. The molecule has 1 atom stereocenters. The molecule has 3 heterocycles. The summed E-state index contributed by atoms with van der Waals surface area (Å²) >= 11 is 1.45. The topological polar surface area (TPSA) is 67.8 Å². The zero-order valence-corrected chi connectivity index (χ0v) is 14.4. The lowest BCUT2D eigenvalue weighted by Gasteiger charge is -2.22. The van der Waals surface area contributed by atoms with Gasteiger partial charge < -0.3 is 19.3 Å². The number of hydrogen-bond donors (Lipinski definition) is 0. The lowest BCUT2D eigenvalue weighted by Crippen LogP contribution is -2.38. The van der Waals surface area contributed by atoms with Gasteiger partial charge in [-0.05, 0) is 12.8 Å². The molecule has 0 radical (unpaired) electrons. The van der Waals surface area contributed by atoms with Gasteiger partial charge in [-0.3, -0.25) is 4.79 Å². The van der Waals surface area contributed by atoms with Gasteiger partial charge in [-0.15, -0.1) is 0 Å². The Balaban J connectivity index is 1.48. The Hall–Kier alpha value is -1.25. The molecule has 7 nitrogen and oxygen atoms in total. The van der Waals surface area contributed by atoms with E-state index in [9.17, 15) is 4.79 Å². The highest BCUT2D eigenvalue weighted by Crippen LogP contribution is 2.19. The van der Waals surface area contributed by atoms with Gasteiger partial charge >= 0.3 is 0 Å². The van der Waals surface area contributed by atoms with Crippen molar-refractivity contribution in [2.45, 2.75) is 32.3 Å². The number of nitrogens with zero attached hydrogens (tertiary/aromatic N) is 4. The third-order valence-electron chi connectivity index (χ3n) is 4.22. The molecule has 0 N–H and O–H groups in total. The number of carbonyl (C=O) groups is 1. The van der Waals surface area contributed by atoms with E-state index >= 15 is 0 Å². The van der Waals surface area contributed by atoms with Crippen LogP contribution < -0.4 is 4.90 Å². The van der Waals surface area contributed by atoms with E-state index in [1.807, 2.05) is 4.90 Å². The second kappa shape index (κ2) is 8.03. The molecule has 0 bridgehead atoms. The van der Waals surface area contributed by atoms with E-state index in [0.717, 1.165) is 56.5 Å². The molecule has 2 aliphatic heterocycles. The summed E-state index contributed by atoms with van der Waals surface area (Å²) in [6.45, 7) is 6.77. The van der Waals surface area contributed by atoms with Crippen molar-refractivity contribution in [3.8, 4) is 0 Å². The molecule has 2 fully saturated rings. The summed E-state index contributed by atoms with van der Waals surface area (Å²) in [6, 6.07) is 0. The van der Waals surface area contributed by atoms with E-state index < -0.39 is 0 Å². The van der Waals surface area contributed by atoms with Crippen molar-refractivity contribution in [1.29, 1.82) is 0 Å². The summed E-state index contributed by atoms with van der Waals surface area (Å²) in [7, 11) is 0. The average molecular weight is 340 g/mol. The molecule has 2 saturated heterocycles. The van der Waals surface area contributed by atoms with E-state index in [2.05, 4.69) is 21.2 Å². The fourth-order valence-electron chi connectivity index (χ4n) is 2.80. The van der Waals surface area contributed by atoms with Gasteiger partial charge in [0.1, 0.15) is 12.4 Å². The van der Waals surface area contributed by atoms with Gasteiger partial charge in [0.2, 0.25) is 11.0 Å². The monoisotopic (exact) mass is 340 g/mol. The SMILES string of the molecule is CCc1nsc(N2CCCN(C(=O)COC3CCOC3)CC2)n1. The van der Waals surface area contributed by atoms with Crippen LogP contribution in [-0.4, -0.2) is 72.3 Å². The Morgan fingerprint density at radius 3 is 3.04 bits per heavy atom. The van der Waals surface area contributed by atoms with E-state index in [-0.39, 0.29) is 18.6 Å². The summed E-state index contributed by atoms with van der Waals surface area (Å²) in [6.07, 6.45) is 2.77. The normalized spacial score (nSPS) is 22.4. The highest BCUT2D eigenvalue weighted by atomic mass is 32.1. The lowest BCUT2D eigenvalue weighted by atomic mass is 10.3. The number of aryl methyl sites for hydroxylation is 1. The quantitative estimate of drug-likeness (QED) is 0.795. The molecule has 23 heavy (non-hydrogen) atoms. The van der Waals surface area contributed by atoms with Crippen LogP contribution in [0.1, 0.15) is 25.6 Å². The molecule has 0 saturated carbocycles. The first-order valence-electron chi connectivity index (χ1n) is 8.31. The fraction of sp³-hybridized carbons (Fsp3) is 0.800. The predicted molar refractivity (Wildman–Crippen MR) is 87.9 cm³/mol. The van der Waals surface area contributed by atoms with Crippen LogP contribution >= 0.6 is 11.5 Å². The molecule has 2 aliphatic rings. The van der Waals surface area contributed by atoms with Crippen LogP contribution in [0.5, 0.6) is 0 Å². The minimum absolute atomic E-state index is 0.0743. The standard InChI is InChI=1S/C15H24N4O3S/c1-2-13-16-15(23-17-13)19-6-3-5-18(7-8-19)14(20)11-22-12-4-9-21-10-12/h12H,2-11H2,1H3. The summed E-state index contributed by atoms with van der Waals surface area (Å²) in [5.41, 5.74) is 0. The van der Waals surface area contributed by atoms with Gasteiger partial charge in [0, 0.05) is 50.7 Å². The van der Waals surface area contributed by atoms with Gasteiger partial charge in [0.15, 0.2) is 0 Å². The van der Waals surface area contributed by atoms with Crippen LogP contribution in [0.4, 0.5) is 5.13 Å².